The molecule has 0 aliphatic carbocycles. The highest BCUT2D eigenvalue weighted by atomic mass is 35.5. The van der Waals surface area contributed by atoms with E-state index in [1.807, 2.05) is 17.9 Å². The molecule has 1 heterocycles. The molecular formula is C11H17ClN2. The molecule has 1 aromatic rings. The molecule has 0 aliphatic heterocycles. The van der Waals surface area contributed by atoms with Gasteiger partial charge in [-0.05, 0) is 12.8 Å². The zero-order valence-electron chi connectivity index (χ0n) is 9.05. The summed E-state index contributed by atoms with van der Waals surface area (Å²) in [6, 6.07) is 0. The lowest BCUT2D eigenvalue weighted by Crippen LogP contribution is -1.89. The largest absolute Gasteiger partial charge is 0.275 e. The van der Waals surface area contributed by atoms with Crippen molar-refractivity contribution in [3.63, 3.8) is 0 Å². The van der Waals surface area contributed by atoms with E-state index in [9.17, 15) is 0 Å². The van der Waals surface area contributed by atoms with Crippen molar-refractivity contribution < 1.29 is 0 Å². The molecule has 1 rings (SSSR count). The number of aryl methyl sites for hydroxylation is 2. The molecule has 0 aliphatic rings. The predicted molar refractivity (Wildman–Crippen MR) is 61.6 cm³/mol. The molecule has 0 bridgehead atoms. The predicted octanol–water partition coefficient (Wildman–Crippen LogP) is 3.01. The molecule has 0 saturated carbocycles. The van der Waals surface area contributed by atoms with Gasteiger partial charge in [-0.2, -0.15) is 5.10 Å². The second-order valence-corrected chi connectivity index (χ2v) is 3.62. The summed E-state index contributed by atoms with van der Waals surface area (Å²) in [7, 11) is 1.95. The van der Waals surface area contributed by atoms with Gasteiger partial charge in [0.05, 0.1) is 5.69 Å². The topological polar surface area (TPSA) is 17.8 Å². The van der Waals surface area contributed by atoms with Gasteiger partial charge < -0.3 is 0 Å². The van der Waals surface area contributed by atoms with Crippen LogP contribution in [0.4, 0.5) is 0 Å². The SMILES string of the molecule is CCC(=Cc1cn(C)nc1CC)CCl. The van der Waals surface area contributed by atoms with Crippen LogP contribution in [0.25, 0.3) is 6.08 Å². The summed E-state index contributed by atoms with van der Waals surface area (Å²) in [5.41, 5.74) is 3.60. The smallest absolute Gasteiger partial charge is 0.0694 e. The zero-order chi connectivity index (χ0) is 10.6. The number of alkyl halides is 1. The van der Waals surface area contributed by atoms with Crippen molar-refractivity contribution in [1.82, 2.24) is 9.78 Å². The van der Waals surface area contributed by atoms with Gasteiger partial charge in [0, 0.05) is 24.7 Å². The Morgan fingerprint density at radius 1 is 1.57 bits per heavy atom. The molecule has 3 heteroatoms. The van der Waals surface area contributed by atoms with Crippen molar-refractivity contribution in [1.29, 1.82) is 0 Å². The molecule has 0 aromatic carbocycles. The monoisotopic (exact) mass is 212 g/mol. The zero-order valence-corrected chi connectivity index (χ0v) is 9.80. The maximum atomic E-state index is 5.82. The minimum atomic E-state index is 0.606. The van der Waals surface area contributed by atoms with Gasteiger partial charge >= 0.3 is 0 Å². The minimum Gasteiger partial charge on any atom is -0.275 e. The van der Waals surface area contributed by atoms with Crippen molar-refractivity contribution in [2.24, 2.45) is 7.05 Å². The van der Waals surface area contributed by atoms with Gasteiger partial charge in [0.2, 0.25) is 0 Å². The minimum absolute atomic E-state index is 0.606. The summed E-state index contributed by atoms with van der Waals surface area (Å²) < 4.78 is 1.85. The van der Waals surface area contributed by atoms with E-state index in [4.69, 9.17) is 11.6 Å². The normalized spacial score (nSPS) is 12.1. The number of hydrogen-bond donors (Lipinski definition) is 0. The number of nitrogens with zero attached hydrogens (tertiary/aromatic N) is 2. The molecule has 2 nitrogen and oxygen atoms in total. The van der Waals surface area contributed by atoms with Crippen LogP contribution in [0.5, 0.6) is 0 Å². The second kappa shape index (κ2) is 5.20. The van der Waals surface area contributed by atoms with Crippen molar-refractivity contribution >= 4 is 17.7 Å². The van der Waals surface area contributed by atoms with Crippen LogP contribution < -0.4 is 0 Å². The van der Waals surface area contributed by atoms with Crippen LogP contribution in [0, 0.1) is 0 Å². The fraction of sp³-hybridized carbons (Fsp3) is 0.545. The van der Waals surface area contributed by atoms with Crippen molar-refractivity contribution in [2.45, 2.75) is 26.7 Å². The van der Waals surface area contributed by atoms with Crippen molar-refractivity contribution in [3.8, 4) is 0 Å². The van der Waals surface area contributed by atoms with Crippen LogP contribution in [0.15, 0.2) is 11.8 Å². The maximum Gasteiger partial charge on any atom is 0.0694 e. The lowest BCUT2D eigenvalue weighted by Gasteiger charge is -1.98. The van der Waals surface area contributed by atoms with E-state index >= 15 is 0 Å². The fourth-order valence-corrected chi connectivity index (χ4v) is 1.67. The molecule has 14 heavy (non-hydrogen) atoms. The summed E-state index contributed by atoms with van der Waals surface area (Å²) in [6.45, 7) is 4.24. The highest BCUT2D eigenvalue weighted by molar-refractivity contribution is 6.19. The third-order valence-corrected chi connectivity index (χ3v) is 2.60. The van der Waals surface area contributed by atoms with Gasteiger partial charge in [-0.3, -0.25) is 4.68 Å². The molecule has 1 aromatic heterocycles. The van der Waals surface area contributed by atoms with Crippen LogP contribution in [0.2, 0.25) is 0 Å². The molecule has 0 saturated heterocycles. The first kappa shape index (κ1) is 11.3. The molecule has 0 fully saturated rings. The first-order chi connectivity index (χ1) is 6.71. The van der Waals surface area contributed by atoms with E-state index in [1.54, 1.807) is 0 Å². The molecule has 0 radical (unpaired) electrons. The van der Waals surface area contributed by atoms with E-state index in [-0.39, 0.29) is 0 Å². The van der Waals surface area contributed by atoms with Crippen LogP contribution in [-0.4, -0.2) is 15.7 Å². The van der Waals surface area contributed by atoms with Gasteiger partial charge in [-0.25, -0.2) is 0 Å². The van der Waals surface area contributed by atoms with E-state index < -0.39 is 0 Å². The summed E-state index contributed by atoms with van der Waals surface area (Å²) in [4.78, 5) is 0. The quantitative estimate of drug-likeness (QED) is 0.702. The van der Waals surface area contributed by atoms with Gasteiger partial charge in [-0.1, -0.05) is 25.5 Å². The van der Waals surface area contributed by atoms with Gasteiger partial charge in [-0.15, -0.1) is 11.6 Å². The summed E-state index contributed by atoms with van der Waals surface area (Å²) in [6.07, 6.45) is 6.16. The van der Waals surface area contributed by atoms with Crippen LogP contribution >= 0.6 is 11.6 Å². The Hall–Kier alpha value is -0.760. The van der Waals surface area contributed by atoms with Crippen LogP contribution in [0.3, 0.4) is 0 Å². The number of hydrogen-bond acceptors (Lipinski definition) is 1. The molecule has 0 spiro atoms. The highest BCUT2D eigenvalue weighted by Gasteiger charge is 2.03. The summed E-state index contributed by atoms with van der Waals surface area (Å²) >= 11 is 5.82. The average molecular weight is 213 g/mol. The molecule has 0 unspecified atom stereocenters. The van der Waals surface area contributed by atoms with E-state index in [0.717, 1.165) is 18.5 Å². The summed E-state index contributed by atoms with van der Waals surface area (Å²) in [5.74, 6) is 0.606. The van der Waals surface area contributed by atoms with Gasteiger partial charge in [0.25, 0.3) is 0 Å². The first-order valence-corrected chi connectivity index (χ1v) is 5.52. The standard InChI is InChI=1S/C11H17ClN2/c1-4-9(7-12)6-10-8-14(3)13-11(10)5-2/h6,8H,4-5,7H2,1-3H3. The molecule has 0 N–H and O–H groups in total. The number of allylic oxidation sites excluding steroid dienone is 1. The van der Waals surface area contributed by atoms with E-state index in [1.165, 1.54) is 11.1 Å². The number of aromatic nitrogens is 2. The van der Waals surface area contributed by atoms with Gasteiger partial charge in [0.1, 0.15) is 0 Å². The highest BCUT2D eigenvalue weighted by Crippen LogP contribution is 2.14. The molecule has 0 amide bonds. The first-order valence-electron chi connectivity index (χ1n) is 4.99. The fourth-order valence-electron chi connectivity index (χ4n) is 1.40. The Balaban J connectivity index is 2.99. The molecule has 0 atom stereocenters. The number of halogens is 1. The molecular weight excluding hydrogens is 196 g/mol. The Morgan fingerprint density at radius 3 is 2.79 bits per heavy atom. The maximum absolute atomic E-state index is 5.82. The Kier molecular flexibility index (Phi) is 4.21. The number of rotatable bonds is 4. The van der Waals surface area contributed by atoms with Crippen molar-refractivity contribution in [3.05, 3.63) is 23.0 Å². The van der Waals surface area contributed by atoms with Crippen molar-refractivity contribution in [2.75, 3.05) is 5.88 Å². The van der Waals surface area contributed by atoms with Gasteiger partial charge in [0.15, 0.2) is 0 Å². The van der Waals surface area contributed by atoms with Crippen LogP contribution in [0.1, 0.15) is 31.5 Å². The van der Waals surface area contributed by atoms with E-state index in [2.05, 4.69) is 25.0 Å². The average Bonchev–Trinajstić information content (AvgIpc) is 2.55. The lowest BCUT2D eigenvalue weighted by atomic mass is 10.1. The molecule has 78 valence electrons. The second-order valence-electron chi connectivity index (χ2n) is 3.35. The lowest BCUT2D eigenvalue weighted by molar-refractivity contribution is 0.746. The Labute approximate surface area is 90.6 Å². The van der Waals surface area contributed by atoms with E-state index in [0.29, 0.717) is 5.88 Å². The van der Waals surface area contributed by atoms with Crippen LogP contribution in [-0.2, 0) is 13.5 Å². The summed E-state index contributed by atoms with van der Waals surface area (Å²) in [5, 5.41) is 4.38. The third-order valence-electron chi connectivity index (χ3n) is 2.26. The Morgan fingerprint density at radius 2 is 2.29 bits per heavy atom. The Bertz CT molecular complexity index is 320. The third kappa shape index (κ3) is 2.61.